The van der Waals surface area contributed by atoms with E-state index in [1.54, 1.807) is 52.0 Å². The van der Waals surface area contributed by atoms with E-state index in [1.807, 2.05) is 71.9 Å². The first-order valence-corrected chi connectivity index (χ1v) is 18.7. The van der Waals surface area contributed by atoms with E-state index in [9.17, 15) is 24.3 Å². The smallest absolute Gasteiger partial charge is 0.245 e. The third kappa shape index (κ3) is 11.5. The molecule has 1 heterocycles. The van der Waals surface area contributed by atoms with Gasteiger partial charge in [-0.15, -0.1) is 0 Å². The van der Waals surface area contributed by atoms with Crippen LogP contribution in [-0.4, -0.2) is 116 Å². The lowest BCUT2D eigenvalue weighted by molar-refractivity contribution is -0.148. The lowest BCUT2D eigenvalue weighted by atomic mass is 9.89. The van der Waals surface area contributed by atoms with Crippen LogP contribution in [0, 0.1) is 23.7 Å². The van der Waals surface area contributed by atoms with Gasteiger partial charge in [0.25, 0.3) is 0 Å². The summed E-state index contributed by atoms with van der Waals surface area (Å²) >= 11 is 0. The molecule has 0 saturated carbocycles. The van der Waals surface area contributed by atoms with Crippen LogP contribution < -0.4 is 16.0 Å². The number of aliphatic hydroxyl groups is 1. The minimum absolute atomic E-state index is 0.0148. The number of nitrogens with one attached hydrogen (secondary N) is 3. The number of likely N-dealkylation sites (tertiary alicyclic amines) is 1. The van der Waals surface area contributed by atoms with Gasteiger partial charge in [0.15, 0.2) is 0 Å². The Hall–Kier alpha value is -3.06. The first kappa shape index (κ1) is 44.1. The Labute approximate surface area is 306 Å². The summed E-state index contributed by atoms with van der Waals surface area (Å²) in [6, 6.07) is 6.67. The number of carbonyl (C=O) groups excluding carboxylic acids is 4. The molecule has 0 radical (unpaired) electrons. The summed E-state index contributed by atoms with van der Waals surface area (Å²) in [6.07, 6.45) is 0.147. The van der Waals surface area contributed by atoms with E-state index in [1.165, 1.54) is 0 Å². The molecule has 51 heavy (non-hydrogen) atoms. The number of aliphatic hydroxyl groups excluding tert-OH is 1. The second-order valence-corrected chi connectivity index (χ2v) is 15.0. The molecule has 1 aliphatic heterocycles. The molecule has 0 aromatic heterocycles. The molecule has 4 amide bonds. The Morgan fingerprint density at radius 3 is 2.04 bits per heavy atom. The number of benzene rings is 1. The van der Waals surface area contributed by atoms with Crippen molar-refractivity contribution in [2.24, 2.45) is 23.7 Å². The maximum Gasteiger partial charge on any atom is 0.245 e. The molecule has 1 unspecified atom stereocenters. The van der Waals surface area contributed by atoms with E-state index in [0.29, 0.717) is 18.5 Å². The molecule has 1 saturated heterocycles. The van der Waals surface area contributed by atoms with Gasteiger partial charge in [-0.3, -0.25) is 19.2 Å². The highest BCUT2D eigenvalue weighted by molar-refractivity contribution is 5.90. The first-order chi connectivity index (χ1) is 24.0. The second kappa shape index (κ2) is 20.8. The third-order valence-electron chi connectivity index (χ3n) is 10.7. The van der Waals surface area contributed by atoms with Crippen LogP contribution in [0.4, 0.5) is 0 Å². The van der Waals surface area contributed by atoms with Gasteiger partial charge in [-0.25, -0.2) is 0 Å². The van der Waals surface area contributed by atoms with Crippen LogP contribution in [-0.2, 0) is 28.7 Å². The zero-order valence-corrected chi connectivity index (χ0v) is 33.1. The molecule has 1 aliphatic rings. The Kier molecular flexibility index (Phi) is 18.0. The number of carbonyl (C=O) groups is 4. The number of methoxy groups -OCH3 is 2. The van der Waals surface area contributed by atoms with Crippen LogP contribution in [0.5, 0.6) is 0 Å². The molecule has 12 nitrogen and oxygen atoms in total. The minimum Gasteiger partial charge on any atom is -0.386 e. The normalized spacial score (nSPS) is 20.1. The Morgan fingerprint density at radius 1 is 0.922 bits per heavy atom. The fraction of sp³-hybridized carbons (Fsp3) is 0.744. The maximum absolute atomic E-state index is 14.1. The van der Waals surface area contributed by atoms with E-state index in [4.69, 9.17) is 9.47 Å². The van der Waals surface area contributed by atoms with Crippen molar-refractivity contribution in [3.63, 3.8) is 0 Å². The van der Waals surface area contributed by atoms with Crippen molar-refractivity contribution in [1.82, 2.24) is 25.8 Å². The van der Waals surface area contributed by atoms with Crippen LogP contribution in [0.15, 0.2) is 30.3 Å². The summed E-state index contributed by atoms with van der Waals surface area (Å²) in [4.78, 5) is 58.3. The third-order valence-corrected chi connectivity index (χ3v) is 10.7. The van der Waals surface area contributed by atoms with Crippen molar-refractivity contribution in [2.45, 2.75) is 130 Å². The number of rotatable bonds is 20. The molecule has 2 rings (SSSR count). The van der Waals surface area contributed by atoms with E-state index in [-0.39, 0.29) is 53.8 Å². The van der Waals surface area contributed by atoms with Gasteiger partial charge in [0.2, 0.25) is 23.6 Å². The summed E-state index contributed by atoms with van der Waals surface area (Å²) < 4.78 is 11.9. The van der Waals surface area contributed by atoms with E-state index >= 15 is 0 Å². The van der Waals surface area contributed by atoms with Crippen molar-refractivity contribution in [2.75, 3.05) is 34.9 Å². The van der Waals surface area contributed by atoms with E-state index < -0.39 is 48.4 Å². The minimum atomic E-state index is -0.875. The number of likely N-dealkylation sites (N-methyl/N-ethyl adjacent to an activating group) is 2. The standard InChI is InChI=1S/C39H67N5O7/c1-13-25(6)34(43(10)39(49)33(24(4)5)42-38(48)32(40-9)23(2)3)30(50-11)22-31(45)44-21-17-20-29(44)36(51-12)26(7)37(47)41-27(8)35(46)28-18-15-14-16-19-28/h14-16,18-19,23-27,29-30,32-36,40,46H,13,17,20-22H2,1-12H3,(H,41,47)(H,42,48)/t25-,26+,27+,29-,30+,32?,33-,34-,35+,36+/m0/s1. The van der Waals surface area contributed by atoms with Gasteiger partial charge in [-0.1, -0.05) is 85.2 Å². The highest BCUT2D eigenvalue weighted by Gasteiger charge is 2.43. The topological polar surface area (TPSA) is 150 Å². The first-order valence-electron chi connectivity index (χ1n) is 18.7. The number of ether oxygens (including phenoxy) is 2. The summed E-state index contributed by atoms with van der Waals surface area (Å²) in [5.74, 6) is -1.62. The monoisotopic (exact) mass is 718 g/mol. The molecule has 0 bridgehead atoms. The quantitative estimate of drug-likeness (QED) is 0.160. The molecule has 10 atom stereocenters. The Balaban J connectivity index is 2.24. The van der Waals surface area contributed by atoms with Gasteiger partial charge in [0.1, 0.15) is 6.04 Å². The SMILES string of the molecule is CC[C@H](C)[C@@H]([C@@H](CC(=O)N1CCC[C@H]1[C@H](OC)[C@@H](C)C(=O)N[C@H](C)[C@@H](O)c1ccccc1)OC)N(C)C(=O)[C@@H](NC(=O)C(NC)C(C)C)C(C)C. The predicted octanol–water partition coefficient (Wildman–Crippen LogP) is 3.53. The van der Waals surface area contributed by atoms with E-state index in [0.717, 1.165) is 12.8 Å². The average molecular weight is 718 g/mol. The lowest BCUT2D eigenvalue weighted by Gasteiger charge is -2.41. The fourth-order valence-electron chi connectivity index (χ4n) is 7.42. The van der Waals surface area contributed by atoms with Gasteiger partial charge < -0.3 is 40.3 Å². The second-order valence-electron chi connectivity index (χ2n) is 15.0. The average Bonchev–Trinajstić information content (AvgIpc) is 3.59. The molecule has 1 fully saturated rings. The predicted molar refractivity (Wildman–Crippen MR) is 200 cm³/mol. The van der Waals surface area contributed by atoms with Gasteiger partial charge in [-0.2, -0.15) is 0 Å². The van der Waals surface area contributed by atoms with Crippen molar-refractivity contribution in [3.8, 4) is 0 Å². The van der Waals surface area contributed by atoms with Crippen LogP contribution in [0.1, 0.15) is 92.7 Å². The molecular weight excluding hydrogens is 650 g/mol. The van der Waals surface area contributed by atoms with Crippen LogP contribution in [0.25, 0.3) is 0 Å². The summed E-state index contributed by atoms with van der Waals surface area (Å²) in [5, 5.41) is 19.8. The number of hydrogen-bond acceptors (Lipinski definition) is 8. The Bertz CT molecular complexity index is 1250. The molecule has 12 heteroatoms. The van der Waals surface area contributed by atoms with Crippen molar-refractivity contribution >= 4 is 23.6 Å². The van der Waals surface area contributed by atoms with Gasteiger partial charge >= 0.3 is 0 Å². The summed E-state index contributed by atoms with van der Waals surface area (Å²) in [6.45, 7) is 15.9. The molecule has 4 N–H and O–H groups in total. The van der Waals surface area contributed by atoms with Crippen molar-refractivity contribution in [3.05, 3.63) is 35.9 Å². The van der Waals surface area contributed by atoms with Crippen molar-refractivity contribution < 1.29 is 33.8 Å². The van der Waals surface area contributed by atoms with Gasteiger partial charge in [-0.05, 0) is 50.1 Å². The molecule has 0 aliphatic carbocycles. The molecule has 1 aromatic rings. The lowest BCUT2D eigenvalue weighted by Crippen LogP contribution is -2.59. The van der Waals surface area contributed by atoms with Crippen LogP contribution in [0.2, 0.25) is 0 Å². The molecular formula is C39H67N5O7. The largest absolute Gasteiger partial charge is 0.386 e. The molecule has 290 valence electrons. The highest BCUT2D eigenvalue weighted by atomic mass is 16.5. The zero-order chi connectivity index (χ0) is 38.6. The fourth-order valence-corrected chi connectivity index (χ4v) is 7.42. The number of nitrogens with zero attached hydrogens (tertiary/aromatic N) is 2. The van der Waals surface area contributed by atoms with Crippen LogP contribution >= 0.6 is 0 Å². The summed E-state index contributed by atoms with van der Waals surface area (Å²) in [5.41, 5.74) is 0.711. The van der Waals surface area contributed by atoms with E-state index in [2.05, 4.69) is 16.0 Å². The van der Waals surface area contributed by atoms with Gasteiger partial charge in [0.05, 0.1) is 54.8 Å². The Morgan fingerprint density at radius 2 is 1.53 bits per heavy atom. The van der Waals surface area contributed by atoms with Crippen LogP contribution in [0.3, 0.4) is 0 Å². The number of hydrogen-bond donors (Lipinski definition) is 4. The van der Waals surface area contributed by atoms with Gasteiger partial charge in [0, 0.05) is 27.8 Å². The summed E-state index contributed by atoms with van der Waals surface area (Å²) in [7, 11) is 6.57. The molecule has 0 spiro atoms. The maximum atomic E-state index is 14.1. The zero-order valence-electron chi connectivity index (χ0n) is 33.1. The molecule has 1 aromatic carbocycles. The number of amides is 4. The van der Waals surface area contributed by atoms with Crippen molar-refractivity contribution in [1.29, 1.82) is 0 Å². The highest BCUT2D eigenvalue weighted by Crippen LogP contribution is 2.30.